The number of benzene rings is 1. The molecule has 1 heterocycles. The average molecular weight is 371 g/mol. The number of carbonyl (C=O) groups is 1. The number of hydrogen-bond acceptors (Lipinski definition) is 7. The Morgan fingerprint density at radius 3 is 2.84 bits per heavy atom. The third kappa shape index (κ3) is 4.87. The fraction of sp³-hybridized carbons (Fsp3) is 0.500. The Balaban J connectivity index is 2.03. The highest BCUT2D eigenvalue weighted by atomic mass is 32.2. The molecule has 138 valence electrons. The number of amides is 1. The van der Waals surface area contributed by atoms with Crippen LogP contribution in [0.2, 0.25) is 0 Å². The number of carbonyl (C=O) groups excluding carboxylic acids is 1. The van der Waals surface area contributed by atoms with Crippen LogP contribution in [0.5, 0.6) is 0 Å². The first-order valence-electron chi connectivity index (χ1n) is 7.75. The number of rotatable bonds is 6. The van der Waals surface area contributed by atoms with Gasteiger partial charge in [0.2, 0.25) is 15.9 Å². The van der Waals surface area contributed by atoms with Crippen molar-refractivity contribution < 1.29 is 18.1 Å². The summed E-state index contributed by atoms with van der Waals surface area (Å²) in [5, 5.41) is 22.1. The average Bonchev–Trinajstić information content (AvgIpc) is 2.54. The second-order valence-electron chi connectivity index (χ2n) is 5.80. The summed E-state index contributed by atoms with van der Waals surface area (Å²) in [5.74, 6) is -0.0368. The number of anilines is 1. The van der Waals surface area contributed by atoms with Crippen molar-refractivity contribution in [1.29, 1.82) is 0 Å². The van der Waals surface area contributed by atoms with E-state index in [1.165, 1.54) is 12.1 Å². The molecule has 1 unspecified atom stereocenters. The Hall–Kier alpha value is -2.24. The van der Waals surface area contributed by atoms with E-state index in [9.17, 15) is 23.3 Å². The summed E-state index contributed by atoms with van der Waals surface area (Å²) >= 11 is 0. The summed E-state index contributed by atoms with van der Waals surface area (Å²) in [6, 6.07) is 3.46. The summed E-state index contributed by atoms with van der Waals surface area (Å²) in [6.45, 7) is 4.26. The maximum atomic E-state index is 12.2. The van der Waals surface area contributed by atoms with Gasteiger partial charge in [0, 0.05) is 44.7 Å². The van der Waals surface area contributed by atoms with E-state index in [1.54, 1.807) is 4.90 Å². The lowest BCUT2D eigenvalue weighted by molar-refractivity contribution is -0.384. The molecule has 1 aromatic carbocycles. The van der Waals surface area contributed by atoms with Crippen molar-refractivity contribution in [3.8, 4) is 0 Å². The van der Waals surface area contributed by atoms with Crippen LogP contribution >= 0.6 is 0 Å². The first kappa shape index (κ1) is 19.1. The van der Waals surface area contributed by atoms with Gasteiger partial charge in [-0.25, -0.2) is 13.6 Å². The van der Waals surface area contributed by atoms with Gasteiger partial charge in [-0.2, -0.15) is 0 Å². The number of nitrogens with zero attached hydrogens (tertiary/aromatic N) is 2. The molecule has 25 heavy (non-hydrogen) atoms. The number of nitrogens with one attached hydrogen (secondary N) is 2. The summed E-state index contributed by atoms with van der Waals surface area (Å²) in [4.78, 5) is 24.1. The SMILES string of the molecule is CC1CNCCN1C(=O)CCNc1ccc(S(N)(=O)=O)cc1[N+](=O)[O-]. The molecule has 0 spiro atoms. The van der Waals surface area contributed by atoms with Gasteiger partial charge in [0.15, 0.2) is 0 Å². The van der Waals surface area contributed by atoms with Gasteiger partial charge in [-0.15, -0.1) is 0 Å². The topological polar surface area (TPSA) is 148 Å². The molecule has 2 rings (SSSR count). The van der Waals surface area contributed by atoms with Gasteiger partial charge in [-0.1, -0.05) is 0 Å². The van der Waals surface area contributed by atoms with E-state index in [2.05, 4.69) is 10.6 Å². The Kier molecular flexibility index (Phi) is 5.93. The van der Waals surface area contributed by atoms with Crippen LogP contribution in [0.3, 0.4) is 0 Å². The third-order valence-electron chi connectivity index (χ3n) is 3.97. The van der Waals surface area contributed by atoms with Gasteiger partial charge in [-0.3, -0.25) is 14.9 Å². The Bertz CT molecular complexity index is 767. The highest BCUT2D eigenvalue weighted by Gasteiger charge is 2.23. The van der Waals surface area contributed by atoms with Crippen molar-refractivity contribution in [3.63, 3.8) is 0 Å². The molecule has 1 aliphatic heterocycles. The minimum Gasteiger partial charge on any atom is -0.379 e. The summed E-state index contributed by atoms with van der Waals surface area (Å²) in [5.41, 5.74) is -0.270. The number of nitro groups is 1. The normalized spacial score (nSPS) is 18.0. The molecular formula is C14H21N5O5S. The number of primary sulfonamides is 1. The number of nitrogens with two attached hydrogens (primary N) is 1. The van der Waals surface area contributed by atoms with Gasteiger partial charge < -0.3 is 15.5 Å². The fourth-order valence-electron chi connectivity index (χ4n) is 2.65. The maximum Gasteiger partial charge on any atom is 0.293 e. The minimum absolute atomic E-state index is 0.0368. The molecule has 1 amide bonds. The molecule has 0 aromatic heterocycles. The lowest BCUT2D eigenvalue weighted by atomic mass is 10.2. The van der Waals surface area contributed by atoms with Gasteiger partial charge in [0.1, 0.15) is 5.69 Å². The minimum atomic E-state index is -4.03. The van der Waals surface area contributed by atoms with E-state index >= 15 is 0 Å². The fourth-order valence-corrected chi connectivity index (χ4v) is 3.18. The lowest BCUT2D eigenvalue weighted by Crippen LogP contribution is -2.52. The molecule has 0 saturated carbocycles. The van der Waals surface area contributed by atoms with Crippen LogP contribution in [0.1, 0.15) is 13.3 Å². The molecule has 10 nitrogen and oxygen atoms in total. The van der Waals surface area contributed by atoms with Crippen molar-refractivity contribution in [1.82, 2.24) is 10.2 Å². The van der Waals surface area contributed by atoms with E-state index < -0.39 is 20.6 Å². The quantitative estimate of drug-likeness (QED) is 0.466. The van der Waals surface area contributed by atoms with Crippen LogP contribution in [0.25, 0.3) is 0 Å². The molecule has 1 aromatic rings. The molecule has 0 radical (unpaired) electrons. The van der Waals surface area contributed by atoms with Gasteiger partial charge in [-0.05, 0) is 19.1 Å². The molecule has 1 fully saturated rings. The van der Waals surface area contributed by atoms with E-state index in [1.807, 2.05) is 6.92 Å². The molecule has 1 saturated heterocycles. The van der Waals surface area contributed by atoms with Crippen molar-refractivity contribution >= 4 is 27.3 Å². The van der Waals surface area contributed by atoms with Crippen LogP contribution in [0.15, 0.2) is 23.1 Å². The van der Waals surface area contributed by atoms with Crippen LogP contribution < -0.4 is 15.8 Å². The standard InChI is InChI=1S/C14H21N5O5S/c1-10-9-16-6-7-18(10)14(20)4-5-17-12-3-2-11(25(15,23)24)8-13(12)19(21)22/h2-3,8,10,16-17H,4-7,9H2,1H3,(H2,15,23,24). The first-order valence-corrected chi connectivity index (χ1v) is 9.30. The predicted octanol–water partition coefficient (Wildman–Crippen LogP) is -0.135. The van der Waals surface area contributed by atoms with Gasteiger partial charge in [0.05, 0.1) is 9.82 Å². The van der Waals surface area contributed by atoms with Crippen molar-refractivity contribution in [3.05, 3.63) is 28.3 Å². The summed E-state index contributed by atoms with van der Waals surface area (Å²) in [7, 11) is -4.03. The molecule has 0 aliphatic carbocycles. The molecule has 11 heteroatoms. The molecule has 1 aliphatic rings. The van der Waals surface area contributed by atoms with Crippen LogP contribution in [0, 0.1) is 10.1 Å². The monoisotopic (exact) mass is 371 g/mol. The van der Waals surface area contributed by atoms with E-state index in [0.29, 0.717) is 6.54 Å². The zero-order chi connectivity index (χ0) is 18.6. The Morgan fingerprint density at radius 1 is 1.52 bits per heavy atom. The lowest BCUT2D eigenvalue weighted by Gasteiger charge is -2.34. The van der Waals surface area contributed by atoms with E-state index in [0.717, 1.165) is 19.2 Å². The van der Waals surface area contributed by atoms with E-state index in [-0.39, 0.29) is 35.5 Å². The second-order valence-corrected chi connectivity index (χ2v) is 7.36. The number of nitro benzene ring substituents is 1. The van der Waals surface area contributed by atoms with Crippen molar-refractivity contribution in [2.75, 3.05) is 31.5 Å². The highest BCUT2D eigenvalue weighted by molar-refractivity contribution is 7.89. The smallest absolute Gasteiger partial charge is 0.293 e. The van der Waals surface area contributed by atoms with E-state index in [4.69, 9.17) is 5.14 Å². The largest absolute Gasteiger partial charge is 0.379 e. The van der Waals surface area contributed by atoms with Gasteiger partial charge >= 0.3 is 0 Å². The van der Waals surface area contributed by atoms with Crippen LogP contribution in [-0.4, -0.2) is 56.4 Å². The number of hydrogen-bond donors (Lipinski definition) is 3. The van der Waals surface area contributed by atoms with Crippen molar-refractivity contribution in [2.45, 2.75) is 24.3 Å². The Labute approximate surface area is 145 Å². The first-order chi connectivity index (χ1) is 11.7. The molecule has 0 bridgehead atoms. The van der Waals surface area contributed by atoms with Crippen molar-refractivity contribution in [2.24, 2.45) is 5.14 Å². The predicted molar refractivity (Wildman–Crippen MR) is 91.6 cm³/mol. The van der Waals surface area contributed by atoms with Crippen LogP contribution in [0.4, 0.5) is 11.4 Å². The highest BCUT2D eigenvalue weighted by Crippen LogP contribution is 2.27. The number of piperazine rings is 1. The zero-order valence-electron chi connectivity index (χ0n) is 13.8. The summed E-state index contributed by atoms with van der Waals surface area (Å²) < 4.78 is 22.6. The third-order valence-corrected chi connectivity index (χ3v) is 4.88. The zero-order valence-corrected chi connectivity index (χ0v) is 14.6. The number of sulfonamides is 1. The molecule has 4 N–H and O–H groups in total. The van der Waals surface area contributed by atoms with Gasteiger partial charge in [0.25, 0.3) is 5.69 Å². The van der Waals surface area contributed by atoms with Crippen LogP contribution in [-0.2, 0) is 14.8 Å². The molecule has 1 atom stereocenters. The Morgan fingerprint density at radius 2 is 2.24 bits per heavy atom. The summed E-state index contributed by atoms with van der Waals surface area (Å²) in [6.07, 6.45) is 0.179. The molecular weight excluding hydrogens is 350 g/mol. The second kappa shape index (κ2) is 7.76. The maximum absolute atomic E-state index is 12.2.